The molecular formula is C23H36BClN2O3. The third-order valence-electron chi connectivity index (χ3n) is 5.24. The van der Waals surface area contributed by atoms with Crippen LogP contribution in [0.4, 0.5) is 0 Å². The number of hydrogen-bond donors (Lipinski definition) is 2. The number of benzene rings is 1. The van der Waals surface area contributed by atoms with E-state index in [1.807, 2.05) is 30.3 Å². The summed E-state index contributed by atoms with van der Waals surface area (Å²) in [5.74, 6) is 0.922. The van der Waals surface area contributed by atoms with Gasteiger partial charge in [-0.05, 0) is 30.7 Å². The standard InChI is InChI=1S/C16H23BN2O3.C4H8.C2H2.CH3Cl/c18-13(10-12-6-2-1-3-7-12)16(20)19-11-17-21-14-8-4-5-9-15(14)22-17;1-4-2-3-4;2*1-2/h1-3,6-7,13-15H,4-5,8-11,18H2,(H,19,20);4H,2-3H2,1H3;1-2H;1H3. The lowest BCUT2D eigenvalue weighted by atomic mass is 9.90. The van der Waals surface area contributed by atoms with Crippen molar-refractivity contribution in [3.8, 4) is 12.8 Å². The molecule has 0 radical (unpaired) electrons. The highest BCUT2D eigenvalue weighted by Crippen LogP contribution is 2.29. The third kappa shape index (κ3) is 10.00. The SMILES string of the molecule is C#C.CC1CC1.CCl.NC(Cc1ccccc1)C(=O)NCB1OC2CCCCC2O1. The van der Waals surface area contributed by atoms with Crippen molar-refractivity contribution >= 4 is 24.6 Å². The van der Waals surface area contributed by atoms with E-state index in [0.29, 0.717) is 12.9 Å². The second-order valence-corrected chi connectivity index (χ2v) is 7.79. The van der Waals surface area contributed by atoms with Crippen molar-refractivity contribution < 1.29 is 14.1 Å². The molecule has 3 N–H and O–H groups in total. The maximum absolute atomic E-state index is 12.1. The van der Waals surface area contributed by atoms with Crippen molar-refractivity contribution in [2.24, 2.45) is 11.7 Å². The van der Waals surface area contributed by atoms with E-state index in [-0.39, 0.29) is 25.2 Å². The number of fused-ring (bicyclic) bond motifs is 1. The molecule has 166 valence electrons. The third-order valence-corrected chi connectivity index (χ3v) is 5.24. The second kappa shape index (κ2) is 15.3. The van der Waals surface area contributed by atoms with Crippen molar-refractivity contribution in [1.82, 2.24) is 5.32 Å². The number of halogens is 1. The normalized spacial score (nSPS) is 22.5. The first-order chi connectivity index (χ1) is 14.6. The largest absolute Gasteiger partial charge is 0.478 e. The Bertz CT molecular complexity index is 599. The van der Waals surface area contributed by atoms with Crippen molar-refractivity contribution in [2.45, 2.75) is 70.1 Å². The topological polar surface area (TPSA) is 73.6 Å². The summed E-state index contributed by atoms with van der Waals surface area (Å²) in [6.07, 6.45) is 18.3. The zero-order valence-corrected chi connectivity index (χ0v) is 19.0. The number of carbonyl (C=O) groups excluding carboxylic acids is 1. The molecular weight excluding hydrogens is 399 g/mol. The lowest BCUT2D eigenvalue weighted by Crippen LogP contribution is -2.46. The maximum Gasteiger partial charge on any atom is 0.478 e. The molecule has 3 unspecified atom stereocenters. The average molecular weight is 435 g/mol. The molecule has 30 heavy (non-hydrogen) atoms. The summed E-state index contributed by atoms with van der Waals surface area (Å²) >= 11 is 4.64. The van der Waals surface area contributed by atoms with Crippen LogP contribution in [0.15, 0.2) is 30.3 Å². The van der Waals surface area contributed by atoms with Crippen molar-refractivity contribution in [3.05, 3.63) is 35.9 Å². The molecule has 0 aromatic heterocycles. The number of hydrogen-bond acceptors (Lipinski definition) is 4. The predicted octanol–water partition coefficient (Wildman–Crippen LogP) is 3.58. The van der Waals surface area contributed by atoms with Crippen LogP contribution < -0.4 is 11.1 Å². The average Bonchev–Trinajstić information content (AvgIpc) is 3.47. The zero-order valence-electron chi connectivity index (χ0n) is 18.3. The fourth-order valence-electron chi connectivity index (χ4n) is 3.33. The van der Waals surface area contributed by atoms with Gasteiger partial charge in [-0.25, -0.2) is 0 Å². The number of carbonyl (C=O) groups is 1. The molecule has 3 atom stereocenters. The Morgan fingerprint density at radius 2 is 1.63 bits per heavy atom. The summed E-state index contributed by atoms with van der Waals surface area (Å²) < 4.78 is 11.7. The predicted molar refractivity (Wildman–Crippen MR) is 125 cm³/mol. The van der Waals surface area contributed by atoms with Crippen LogP contribution in [0, 0.1) is 18.8 Å². The Balaban J connectivity index is 0.000000484. The first-order valence-electron chi connectivity index (χ1n) is 10.7. The van der Waals surface area contributed by atoms with Gasteiger partial charge in [-0.3, -0.25) is 4.79 Å². The molecule has 0 spiro atoms. The summed E-state index contributed by atoms with van der Waals surface area (Å²) in [5, 5.41) is 2.84. The number of rotatable bonds is 5. The number of nitrogens with two attached hydrogens (primary N) is 1. The minimum absolute atomic E-state index is 0.161. The molecule has 1 saturated heterocycles. The fourth-order valence-corrected chi connectivity index (χ4v) is 3.33. The van der Waals surface area contributed by atoms with E-state index in [1.54, 1.807) is 0 Å². The van der Waals surface area contributed by atoms with Gasteiger partial charge >= 0.3 is 7.12 Å². The van der Waals surface area contributed by atoms with Gasteiger partial charge in [0.05, 0.1) is 24.7 Å². The molecule has 1 heterocycles. The van der Waals surface area contributed by atoms with Crippen molar-refractivity contribution in [2.75, 3.05) is 12.8 Å². The summed E-state index contributed by atoms with van der Waals surface area (Å²) in [6, 6.07) is 9.24. The van der Waals surface area contributed by atoms with Gasteiger partial charge < -0.3 is 20.4 Å². The van der Waals surface area contributed by atoms with Crippen LogP contribution in [0.25, 0.3) is 0 Å². The minimum atomic E-state index is -0.550. The van der Waals surface area contributed by atoms with Crippen LogP contribution in [0.1, 0.15) is 51.0 Å². The van der Waals surface area contributed by atoms with Gasteiger partial charge in [0.1, 0.15) is 0 Å². The molecule has 3 fully saturated rings. The summed E-state index contributed by atoms with van der Waals surface area (Å²) in [6.45, 7) is 2.28. The highest BCUT2D eigenvalue weighted by atomic mass is 35.5. The molecule has 1 amide bonds. The van der Waals surface area contributed by atoms with E-state index in [4.69, 9.17) is 15.0 Å². The molecule has 1 aromatic carbocycles. The van der Waals surface area contributed by atoms with Crippen LogP contribution in [-0.4, -0.2) is 44.1 Å². The molecule has 3 aliphatic rings. The Morgan fingerprint density at radius 3 is 2.10 bits per heavy atom. The summed E-state index contributed by atoms with van der Waals surface area (Å²) in [7, 11) is -0.332. The molecule has 0 bridgehead atoms. The molecule has 4 rings (SSSR count). The Labute approximate surface area is 187 Å². The van der Waals surface area contributed by atoms with Gasteiger partial charge in [0, 0.05) is 6.38 Å². The van der Waals surface area contributed by atoms with E-state index in [9.17, 15) is 4.79 Å². The van der Waals surface area contributed by atoms with E-state index < -0.39 is 6.04 Å². The van der Waals surface area contributed by atoms with E-state index in [2.05, 4.69) is 36.7 Å². The highest BCUT2D eigenvalue weighted by molar-refractivity contribution is 6.45. The Hall–Kier alpha value is -1.52. The molecule has 5 nitrogen and oxygen atoms in total. The van der Waals surface area contributed by atoms with Crippen LogP contribution in [0.2, 0.25) is 0 Å². The van der Waals surface area contributed by atoms with Gasteiger partial charge in [-0.15, -0.1) is 24.4 Å². The summed E-state index contributed by atoms with van der Waals surface area (Å²) in [5.41, 5.74) is 7.02. The van der Waals surface area contributed by atoms with Gasteiger partial charge in [0.15, 0.2) is 0 Å². The van der Waals surface area contributed by atoms with Crippen LogP contribution in [0.3, 0.4) is 0 Å². The maximum atomic E-state index is 12.1. The number of alkyl halides is 1. The molecule has 1 aromatic rings. The van der Waals surface area contributed by atoms with Crippen LogP contribution in [0.5, 0.6) is 0 Å². The lowest BCUT2D eigenvalue weighted by Gasteiger charge is -2.22. The smallest absolute Gasteiger partial charge is 0.405 e. The van der Waals surface area contributed by atoms with Gasteiger partial charge in [0.25, 0.3) is 0 Å². The number of nitrogens with one attached hydrogen (secondary N) is 1. The van der Waals surface area contributed by atoms with E-state index in [0.717, 1.165) is 24.3 Å². The monoisotopic (exact) mass is 434 g/mol. The molecule has 1 aliphatic heterocycles. The summed E-state index contributed by atoms with van der Waals surface area (Å²) in [4.78, 5) is 12.1. The minimum Gasteiger partial charge on any atom is -0.405 e. The van der Waals surface area contributed by atoms with Crippen molar-refractivity contribution in [3.63, 3.8) is 0 Å². The van der Waals surface area contributed by atoms with E-state index in [1.165, 1.54) is 32.1 Å². The Kier molecular flexibility index (Phi) is 13.5. The second-order valence-electron chi connectivity index (χ2n) is 7.79. The molecule has 2 saturated carbocycles. The first-order valence-corrected chi connectivity index (χ1v) is 11.5. The lowest BCUT2D eigenvalue weighted by molar-refractivity contribution is -0.122. The number of amides is 1. The van der Waals surface area contributed by atoms with Crippen molar-refractivity contribution in [1.29, 1.82) is 0 Å². The van der Waals surface area contributed by atoms with E-state index >= 15 is 0 Å². The first kappa shape index (κ1) is 26.5. The van der Waals surface area contributed by atoms with Gasteiger partial charge in [-0.2, -0.15) is 0 Å². The molecule has 2 aliphatic carbocycles. The fraction of sp³-hybridized carbons (Fsp3) is 0.609. The highest BCUT2D eigenvalue weighted by Gasteiger charge is 2.40. The van der Waals surface area contributed by atoms with Crippen LogP contribution >= 0.6 is 11.6 Å². The number of terminal acetylenes is 1. The van der Waals surface area contributed by atoms with Gasteiger partial charge in [0.2, 0.25) is 5.91 Å². The van der Waals surface area contributed by atoms with Gasteiger partial charge in [-0.1, -0.05) is 62.9 Å². The quantitative estimate of drug-likeness (QED) is 0.422. The zero-order chi connectivity index (χ0) is 22.4. The Morgan fingerprint density at radius 1 is 1.13 bits per heavy atom. The molecule has 7 heteroatoms. The van der Waals surface area contributed by atoms with Crippen LogP contribution in [-0.2, 0) is 20.5 Å².